The summed E-state index contributed by atoms with van der Waals surface area (Å²) in [5, 5.41) is 10.6. The minimum atomic E-state index is -0.410. The third-order valence-corrected chi connectivity index (χ3v) is 3.31. The first-order chi connectivity index (χ1) is 9.88. The lowest BCUT2D eigenvalue weighted by Crippen LogP contribution is -2.27. The van der Waals surface area contributed by atoms with Crippen molar-refractivity contribution in [1.29, 1.82) is 0 Å². The molecular weight excluding hydrogens is 264 g/mol. The molecule has 4 heteroatoms. The van der Waals surface area contributed by atoms with Crippen molar-refractivity contribution in [1.82, 2.24) is 10.0 Å². The lowest BCUT2D eigenvalue weighted by atomic mass is 9.86. The van der Waals surface area contributed by atoms with Crippen molar-refractivity contribution < 1.29 is 10.0 Å². The van der Waals surface area contributed by atoms with Gasteiger partial charge in [0.15, 0.2) is 0 Å². The molecule has 2 aromatic rings. The zero-order chi connectivity index (χ0) is 15.5. The molecule has 1 aromatic heterocycles. The van der Waals surface area contributed by atoms with Crippen molar-refractivity contribution in [2.45, 2.75) is 32.7 Å². The molecule has 1 heterocycles. The van der Waals surface area contributed by atoms with Crippen molar-refractivity contribution in [3.8, 4) is 0 Å². The minimum Gasteiger partial charge on any atom is -0.285 e. The molecule has 0 saturated heterocycles. The highest BCUT2D eigenvalue weighted by Crippen LogP contribution is 2.22. The van der Waals surface area contributed by atoms with Gasteiger partial charge in [-0.3, -0.25) is 15.0 Å². The van der Waals surface area contributed by atoms with Gasteiger partial charge in [0.2, 0.25) is 0 Å². The molecule has 21 heavy (non-hydrogen) atoms. The van der Waals surface area contributed by atoms with E-state index in [4.69, 9.17) is 0 Å². The van der Waals surface area contributed by atoms with Crippen LogP contribution in [-0.4, -0.2) is 21.2 Å². The molecule has 1 N–H and O–H groups in total. The second kappa shape index (κ2) is 6.06. The smallest absolute Gasteiger partial charge is 0.277 e. The monoisotopic (exact) mass is 284 g/mol. The molecule has 0 radical (unpaired) electrons. The van der Waals surface area contributed by atoms with Gasteiger partial charge in [-0.15, -0.1) is 0 Å². The van der Waals surface area contributed by atoms with Gasteiger partial charge in [-0.25, -0.2) is 5.06 Å². The number of hydrogen-bond acceptors (Lipinski definition) is 3. The molecular formula is C17H20N2O2. The average molecular weight is 284 g/mol. The van der Waals surface area contributed by atoms with Crippen LogP contribution in [0.4, 0.5) is 0 Å². The zero-order valence-electron chi connectivity index (χ0n) is 12.6. The van der Waals surface area contributed by atoms with E-state index in [1.807, 2.05) is 12.1 Å². The summed E-state index contributed by atoms with van der Waals surface area (Å²) in [5.41, 5.74) is 2.49. The summed E-state index contributed by atoms with van der Waals surface area (Å²) in [6.07, 6.45) is 3.26. The first kappa shape index (κ1) is 15.2. The van der Waals surface area contributed by atoms with Crippen molar-refractivity contribution in [3.05, 3.63) is 65.5 Å². The van der Waals surface area contributed by atoms with Gasteiger partial charge in [0.05, 0.1) is 6.54 Å². The van der Waals surface area contributed by atoms with Crippen LogP contribution in [0.1, 0.15) is 42.3 Å². The molecule has 0 fully saturated rings. The quantitative estimate of drug-likeness (QED) is 0.694. The van der Waals surface area contributed by atoms with Crippen molar-refractivity contribution >= 4 is 5.91 Å². The average Bonchev–Trinajstić information content (AvgIpc) is 2.46. The van der Waals surface area contributed by atoms with Crippen LogP contribution < -0.4 is 0 Å². The van der Waals surface area contributed by atoms with E-state index in [-0.39, 0.29) is 12.0 Å². The summed E-state index contributed by atoms with van der Waals surface area (Å²) in [6.45, 7) is 6.49. The Balaban J connectivity index is 2.09. The summed E-state index contributed by atoms with van der Waals surface area (Å²) in [6, 6.07) is 10.9. The normalized spacial score (nSPS) is 11.2. The largest absolute Gasteiger partial charge is 0.285 e. The number of carbonyl (C=O) groups is 1. The van der Waals surface area contributed by atoms with E-state index in [0.29, 0.717) is 5.56 Å². The van der Waals surface area contributed by atoms with Gasteiger partial charge in [-0.2, -0.15) is 0 Å². The van der Waals surface area contributed by atoms with Crippen LogP contribution in [0.15, 0.2) is 48.8 Å². The summed E-state index contributed by atoms with van der Waals surface area (Å²) in [4.78, 5) is 16.1. The summed E-state index contributed by atoms with van der Waals surface area (Å²) in [7, 11) is 0. The molecule has 110 valence electrons. The fourth-order valence-electron chi connectivity index (χ4n) is 1.99. The molecule has 0 atom stereocenters. The molecule has 0 bridgehead atoms. The Morgan fingerprint density at radius 2 is 1.67 bits per heavy atom. The van der Waals surface area contributed by atoms with Crippen LogP contribution in [-0.2, 0) is 12.0 Å². The number of aromatic nitrogens is 1. The molecule has 1 aromatic carbocycles. The van der Waals surface area contributed by atoms with Gasteiger partial charge in [-0.05, 0) is 40.8 Å². The third-order valence-electron chi connectivity index (χ3n) is 3.31. The molecule has 0 aliphatic heterocycles. The van der Waals surface area contributed by atoms with E-state index in [9.17, 15) is 10.0 Å². The van der Waals surface area contributed by atoms with Gasteiger partial charge >= 0.3 is 0 Å². The van der Waals surface area contributed by atoms with Crippen molar-refractivity contribution in [2.24, 2.45) is 0 Å². The Morgan fingerprint density at radius 1 is 1.10 bits per heavy atom. The lowest BCUT2D eigenvalue weighted by molar-refractivity contribution is -0.0648. The number of carbonyl (C=O) groups excluding carboxylic acids is 1. The third kappa shape index (κ3) is 3.89. The van der Waals surface area contributed by atoms with Gasteiger partial charge in [0, 0.05) is 18.0 Å². The zero-order valence-corrected chi connectivity index (χ0v) is 12.6. The lowest BCUT2D eigenvalue weighted by Gasteiger charge is -2.20. The number of nitrogens with zero attached hydrogens (tertiary/aromatic N) is 2. The van der Waals surface area contributed by atoms with Crippen LogP contribution in [0, 0.1) is 0 Å². The van der Waals surface area contributed by atoms with Gasteiger partial charge in [0.25, 0.3) is 5.91 Å². The number of hydrogen-bond donors (Lipinski definition) is 1. The topological polar surface area (TPSA) is 53.4 Å². The molecule has 1 amide bonds. The Kier molecular flexibility index (Phi) is 4.38. The molecule has 0 spiro atoms. The van der Waals surface area contributed by atoms with E-state index in [1.165, 1.54) is 0 Å². The molecule has 2 rings (SSSR count). The van der Waals surface area contributed by atoms with E-state index >= 15 is 0 Å². The summed E-state index contributed by atoms with van der Waals surface area (Å²) >= 11 is 0. The second-order valence-electron chi connectivity index (χ2n) is 6.05. The first-order valence-electron chi connectivity index (χ1n) is 6.88. The highest BCUT2D eigenvalue weighted by Gasteiger charge is 2.17. The van der Waals surface area contributed by atoms with E-state index in [2.05, 4.69) is 25.8 Å². The summed E-state index contributed by atoms with van der Waals surface area (Å²) < 4.78 is 0. The van der Waals surface area contributed by atoms with Gasteiger partial charge in [0.1, 0.15) is 0 Å². The maximum Gasteiger partial charge on any atom is 0.277 e. The predicted molar refractivity (Wildman–Crippen MR) is 81.0 cm³/mol. The van der Waals surface area contributed by atoms with Crippen LogP contribution in [0.5, 0.6) is 0 Å². The standard InChI is InChI=1S/C17H20N2O2/c1-17(2,3)15-6-4-14(5-7-15)16(20)19(21)12-13-8-10-18-11-9-13/h4-11,21H,12H2,1-3H3. The highest BCUT2D eigenvalue weighted by atomic mass is 16.5. The SMILES string of the molecule is CC(C)(C)c1ccc(C(=O)N(O)Cc2ccncc2)cc1. The van der Waals surface area contributed by atoms with Crippen LogP contribution in [0.25, 0.3) is 0 Å². The number of benzene rings is 1. The highest BCUT2D eigenvalue weighted by molar-refractivity contribution is 5.93. The molecule has 0 unspecified atom stereocenters. The number of rotatable bonds is 3. The van der Waals surface area contributed by atoms with Crippen molar-refractivity contribution in [2.75, 3.05) is 0 Å². The first-order valence-corrected chi connectivity index (χ1v) is 6.88. The fourth-order valence-corrected chi connectivity index (χ4v) is 1.99. The van der Waals surface area contributed by atoms with E-state index in [0.717, 1.165) is 16.2 Å². The number of pyridine rings is 1. The minimum absolute atomic E-state index is 0.0392. The fraction of sp³-hybridized carbons (Fsp3) is 0.294. The maximum atomic E-state index is 12.2. The van der Waals surface area contributed by atoms with Crippen molar-refractivity contribution in [3.63, 3.8) is 0 Å². The molecule has 4 nitrogen and oxygen atoms in total. The maximum absolute atomic E-state index is 12.2. The Labute approximate surface area is 125 Å². The Hall–Kier alpha value is -2.20. The van der Waals surface area contributed by atoms with E-state index in [1.54, 1.807) is 36.7 Å². The molecule has 0 saturated carbocycles. The van der Waals surface area contributed by atoms with E-state index < -0.39 is 5.91 Å². The second-order valence-corrected chi connectivity index (χ2v) is 6.05. The van der Waals surface area contributed by atoms with Gasteiger partial charge in [-0.1, -0.05) is 32.9 Å². The Bertz CT molecular complexity index is 601. The van der Waals surface area contributed by atoms with Crippen LogP contribution >= 0.6 is 0 Å². The van der Waals surface area contributed by atoms with Crippen LogP contribution in [0.2, 0.25) is 0 Å². The predicted octanol–water partition coefficient (Wildman–Crippen LogP) is 3.41. The molecule has 0 aliphatic carbocycles. The number of amides is 1. The molecule has 0 aliphatic rings. The summed E-state index contributed by atoms with van der Waals surface area (Å²) in [5.74, 6) is -0.410. The van der Waals surface area contributed by atoms with Gasteiger partial charge < -0.3 is 0 Å². The van der Waals surface area contributed by atoms with Crippen LogP contribution in [0.3, 0.4) is 0 Å². The Morgan fingerprint density at radius 3 is 2.19 bits per heavy atom. The number of hydroxylamine groups is 2.